The predicted octanol–water partition coefficient (Wildman–Crippen LogP) is 5.97. The van der Waals surface area contributed by atoms with E-state index < -0.39 is 11.4 Å². The molecule has 5 aromatic rings. The standard InChI is InChI=1S/C29H22N4O3S/c30-18-29(11-13-36-14-12-29)22-5-2-6-23(17-22)37-24-8-9-25-19(16-24)7-10-26-31-32-27(33(25)26)20-3-1-4-21(15-20)28(34)35/h1-10,15-17H,11-14H2,(H,34,35). The van der Waals surface area contributed by atoms with E-state index in [9.17, 15) is 15.2 Å². The largest absolute Gasteiger partial charge is 0.478 e. The number of rotatable bonds is 5. The molecular formula is C29H22N4O3S. The average molecular weight is 507 g/mol. The SMILES string of the molecule is N#CC1(c2cccc(Sc3ccc4c(ccc5nnc(-c6cccc(C(=O)O)c6)n54)c3)c2)CCOCC1. The highest BCUT2D eigenvalue weighted by molar-refractivity contribution is 7.99. The molecule has 1 aliphatic rings. The van der Waals surface area contributed by atoms with Gasteiger partial charge in [0.05, 0.1) is 22.6 Å². The first-order valence-electron chi connectivity index (χ1n) is 12.0. The van der Waals surface area contributed by atoms with Gasteiger partial charge in [0.2, 0.25) is 0 Å². The summed E-state index contributed by atoms with van der Waals surface area (Å²) in [7, 11) is 0. The van der Waals surface area contributed by atoms with Gasteiger partial charge in [-0.25, -0.2) is 4.79 Å². The highest BCUT2D eigenvalue weighted by atomic mass is 32.2. The first-order valence-corrected chi connectivity index (χ1v) is 12.8. The van der Waals surface area contributed by atoms with Crippen molar-refractivity contribution in [2.75, 3.05) is 13.2 Å². The number of carboxylic acid groups (broad SMARTS) is 1. The summed E-state index contributed by atoms with van der Waals surface area (Å²) >= 11 is 1.66. The number of ether oxygens (including phenoxy) is 1. The van der Waals surface area contributed by atoms with E-state index in [4.69, 9.17) is 4.74 Å². The van der Waals surface area contributed by atoms with Crippen LogP contribution >= 0.6 is 11.8 Å². The number of fused-ring (bicyclic) bond motifs is 3. The summed E-state index contributed by atoms with van der Waals surface area (Å²) in [6.45, 7) is 1.21. The highest BCUT2D eigenvalue weighted by Crippen LogP contribution is 2.38. The monoisotopic (exact) mass is 506 g/mol. The van der Waals surface area contributed by atoms with Crippen LogP contribution in [-0.2, 0) is 10.2 Å². The van der Waals surface area contributed by atoms with Crippen LogP contribution < -0.4 is 0 Å². The third kappa shape index (κ3) is 4.22. The van der Waals surface area contributed by atoms with Crippen LogP contribution in [0.1, 0.15) is 28.8 Å². The summed E-state index contributed by atoms with van der Waals surface area (Å²) in [6.07, 6.45) is 1.42. The maximum Gasteiger partial charge on any atom is 0.335 e. The summed E-state index contributed by atoms with van der Waals surface area (Å²) < 4.78 is 7.45. The van der Waals surface area contributed by atoms with Crippen LogP contribution in [0.15, 0.2) is 88.7 Å². The van der Waals surface area contributed by atoms with Gasteiger partial charge in [0.1, 0.15) is 0 Å². The van der Waals surface area contributed by atoms with E-state index in [1.165, 1.54) is 0 Å². The van der Waals surface area contributed by atoms with E-state index in [2.05, 4.69) is 40.5 Å². The number of carbonyl (C=O) groups is 1. The van der Waals surface area contributed by atoms with Gasteiger partial charge in [0, 0.05) is 28.6 Å². The predicted molar refractivity (Wildman–Crippen MR) is 141 cm³/mol. The fraction of sp³-hybridized carbons (Fsp3) is 0.172. The van der Waals surface area contributed by atoms with Gasteiger partial charge in [-0.1, -0.05) is 36.0 Å². The van der Waals surface area contributed by atoms with Crippen molar-refractivity contribution >= 4 is 34.3 Å². The lowest BCUT2D eigenvalue weighted by atomic mass is 9.75. The lowest BCUT2D eigenvalue weighted by Crippen LogP contribution is -2.32. The van der Waals surface area contributed by atoms with Crippen LogP contribution in [0, 0.1) is 11.3 Å². The van der Waals surface area contributed by atoms with E-state index >= 15 is 0 Å². The first kappa shape index (κ1) is 23.2. The van der Waals surface area contributed by atoms with Crippen molar-refractivity contribution in [3.05, 3.63) is 90.0 Å². The summed E-state index contributed by atoms with van der Waals surface area (Å²) in [5.74, 6) is -0.390. The van der Waals surface area contributed by atoms with Gasteiger partial charge in [-0.15, -0.1) is 10.2 Å². The zero-order chi connectivity index (χ0) is 25.4. The molecule has 3 aromatic carbocycles. The average Bonchev–Trinajstić information content (AvgIpc) is 3.38. The van der Waals surface area contributed by atoms with E-state index in [1.54, 1.807) is 30.0 Å². The second-order valence-corrected chi connectivity index (χ2v) is 10.2. The van der Waals surface area contributed by atoms with E-state index in [0.29, 0.717) is 43.1 Å². The first-order chi connectivity index (χ1) is 18.1. The molecule has 7 nitrogen and oxygen atoms in total. The lowest BCUT2D eigenvalue weighted by molar-refractivity contribution is 0.0674. The van der Waals surface area contributed by atoms with Crippen molar-refractivity contribution in [2.45, 2.75) is 28.0 Å². The zero-order valence-corrected chi connectivity index (χ0v) is 20.6. The Bertz CT molecular complexity index is 1700. The molecule has 1 fully saturated rings. The Morgan fingerprint density at radius 2 is 1.78 bits per heavy atom. The number of hydrogen-bond donors (Lipinski definition) is 1. The molecule has 1 saturated heterocycles. The maximum atomic E-state index is 11.5. The number of nitriles is 1. The van der Waals surface area contributed by atoms with Gasteiger partial charge in [-0.2, -0.15) is 5.26 Å². The van der Waals surface area contributed by atoms with E-state index in [0.717, 1.165) is 26.3 Å². The Hall–Kier alpha value is -4.19. The van der Waals surface area contributed by atoms with Gasteiger partial charge in [-0.3, -0.25) is 4.40 Å². The quantitative estimate of drug-likeness (QED) is 0.313. The molecule has 0 unspecified atom stereocenters. The molecule has 0 atom stereocenters. The Labute approximate surface area is 217 Å². The van der Waals surface area contributed by atoms with E-state index in [-0.39, 0.29) is 5.56 Å². The molecule has 2 aromatic heterocycles. The van der Waals surface area contributed by atoms with E-state index in [1.807, 2.05) is 40.8 Å². The summed E-state index contributed by atoms with van der Waals surface area (Å²) in [6, 6.07) is 27.7. The summed E-state index contributed by atoms with van der Waals surface area (Å²) in [5, 5.41) is 29.0. The van der Waals surface area contributed by atoms with Crippen molar-refractivity contribution in [3.63, 3.8) is 0 Å². The van der Waals surface area contributed by atoms with Crippen LogP contribution in [-0.4, -0.2) is 38.9 Å². The number of benzene rings is 3. The number of hydrogen-bond acceptors (Lipinski definition) is 6. The van der Waals surface area contributed by atoms with Crippen molar-refractivity contribution < 1.29 is 14.6 Å². The number of nitrogens with zero attached hydrogens (tertiary/aromatic N) is 4. The van der Waals surface area contributed by atoms with Crippen molar-refractivity contribution in [1.82, 2.24) is 14.6 Å². The molecule has 3 heterocycles. The minimum atomic E-state index is -0.983. The number of pyridine rings is 1. The summed E-state index contributed by atoms with van der Waals surface area (Å²) in [4.78, 5) is 13.6. The van der Waals surface area contributed by atoms with Crippen LogP contribution in [0.25, 0.3) is 27.9 Å². The van der Waals surface area contributed by atoms with Gasteiger partial charge in [0.15, 0.2) is 11.5 Å². The molecule has 0 saturated carbocycles. The molecule has 0 amide bonds. The second-order valence-electron chi connectivity index (χ2n) is 9.09. The number of aromatic nitrogens is 3. The minimum absolute atomic E-state index is 0.203. The summed E-state index contributed by atoms with van der Waals surface area (Å²) in [5.41, 5.74) is 3.07. The Morgan fingerprint density at radius 3 is 2.59 bits per heavy atom. The molecule has 6 rings (SSSR count). The van der Waals surface area contributed by atoms with Crippen LogP contribution in [0.3, 0.4) is 0 Å². The van der Waals surface area contributed by atoms with Gasteiger partial charge < -0.3 is 9.84 Å². The van der Waals surface area contributed by atoms with Gasteiger partial charge >= 0.3 is 5.97 Å². The van der Waals surface area contributed by atoms with Crippen LogP contribution in [0.5, 0.6) is 0 Å². The maximum absolute atomic E-state index is 11.5. The fourth-order valence-corrected chi connectivity index (χ4v) is 5.82. The molecular weight excluding hydrogens is 484 g/mol. The molecule has 1 aliphatic heterocycles. The molecule has 0 bridgehead atoms. The Kier molecular flexibility index (Phi) is 5.87. The zero-order valence-electron chi connectivity index (χ0n) is 19.8. The molecule has 8 heteroatoms. The molecule has 0 spiro atoms. The molecule has 0 radical (unpaired) electrons. The van der Waals surface area contributed by atoms with Crippen molar-refractivity contribution in [1.29, 1.82) is 5.26 Å². The second kappa shape index (κ2) is 9.36. The van der Waals surface area contributed by atoms with Crippen molar-refractivity contribution in [3.8, 4) is 17.5 Å². The number of carboxylic acids is 1. The topological polar surface area (TPSA) is 101 Å². The lowest BCUT2D eigenvalue weighted by Gasteiger charge is -2.31. The number of aromatic carboxylic acids is 1. The minimum Gasteiger partial charge on any atom is -0.478 e. The molecule has 37 heavy (non-hydrogen) atoms. The molecule has 1 N–H and O–H groups in total. The Balaban J connectivity index is 1.36. The van der Waals surface area contributed by atoms with Gasteiger partial charge in [-0.05, 0) is 78.4 Å². The third-order valence-electron chi connectivity index (χ3n) is 6.89. The van der Waals surface area contributed by atoms with Gasteiger partial charge in [0.25, 0.3) is 0 Å². The highest BCUT2D eigenvalue weighted by Gasteiger charge is 2.34. The molecule has 182 valence electrons. The smallest absolute Gasteiger partial charge is 0.335 e. The Morgan fingerprint density at radius 1 is 0.973 bits per heavy atom. The van der Waals surface area contributed by atoms with Crippen LogP contribution in [0.2, 0.25) is 0 Å². The van der Waals surface area contributed by atoms with Crippen LogP contribution in [0.4, 0.5) is 0 Å². The normalized spacial score (nSPS) is 15.0. The molecule has 0 aliphatic carbocycles. The van der Waals surface area contributed by atoms with Crippen molar-refractivity contribution in [2.24, 2.45) is 0 Å². The third-order valence-corrected chi connectivity index (χ3v) is 7.87. The fourth-order valence-electron chi connectivity index (χ4n) is 4.90.